The maximum Gasteiger partial charge on any atom is 0.244 e. The second-order valence-electron chi connectivity index (χ2n) is 6.39. The lowest BCUT2D eigenvalue weighted by Crippen LogP contribution is -2.43. The summed E-state index contributed by atoms with van der Waals surface area (Å²) in [6, 6.07) is 14.3. The van der Waals surface area contributed by atoms with Gasteiger partial charge in [-0.25, -0.2) is 4.39 Å². The molecule has 5 nitrogen and oxygen atoms in total. The lowest BCUT2D eigenvalue weighted by Gasteiger charge is -2.27. The number of carbonyl (C=O) groups excluding carboxylic acids is 2. The Morgan fingerprint density at radius 1 is 1.08 bits per heavy atom. The van der Waals surface area contributed by atoms with Gasteiger partial charge in [0.1, 0.15) is 12.4 Å². The van der Waals surface area contributed by atoms with Gasteiger partial charge < -0.3 is 16.0 Å². The predicted molar refractivity (Wildman–Crippen MR) is 99.9 cm³/mol. The minimum Gasteiger partial charge on any atom is -0.331 e. The third-order valence-corrected chi connectivity index (χ3v) is 4.01. The van der Waals surface area contributed by atoms with Crippen molar-refractivity contribution in [3.63, 3.8) is 0 Å². The average molecular weight is 357 g/mol. The van der Waals surface area contributed by atoms with Crippen LogP contribution in [-0.2, 0) is 9.59 Å². The number of hydrogen-bond donors (Lipinski definition) is 2. The molecule has 0 saturated carbocycles. The summed E-state index contributed by atoms with van der Waals surface area (Å²) in [7, 11) is 0. The maximum absolute atomic E-state index is 12.9. The molecule has 2 rings (SSSR count). The van der Waals surface area contributed by atoms with Crippen molar-refractivity contribution in [1.82, 2.24) is 4.90 Å². The summed E-state index contributed by atoms with van der Waals surface area (Å²) in [4.78, 5) is 26.3. The van der Waals surface area contributed by atoms with Crippen LogP contribution < -0.4 is 11.1 Å². The van der Waals surface area contributed by atoms with Crippen LogP contribution in [0.3, 0.4) is 0 Å². The smallest absolute Gasteiger partial charge is 0.244 e. The van der Waals surface area contributed by atoms with Crippen LogP contribution in [0, 0.1) is 5.82 Å². The van der Waals surface area contributed by atoms with E-state index >= 15 is 0 Å². The van der Waals surface area contributed by atoms with Gasteiger partial charge in [-0.3, -0.25) is 9.59 Å². The molecule has 0 heterocycles. The number of carbonyl (C=O) groups is 2. The predicted octanol–water partition coefficient (Wildman–Crippen LogP) is 3.09. The molecular weight excluding hydrogens is 333 g/mol. The van der Waals surface area contributed by atoms with E-state index in [1.54, 1.807) is 0 Å². The van der Waals surface area contributed by atoms with Crippen LogP contribution in [0.2, 0.25) is 0 Å². The SMILES string of the molecule is CC(C)N(CC(=O)Nc1ccc(F)cc1)C(=O)CC(N)c1ccccc1. The van der Waals surface area contributed by atoms with E-state index in [9.17, 15) is 14.0 Å². The second-order valence-corrected chi connectivity index (χ2v) is 6.39. The normalized spacial score (nSPS) is 11.9. The van der Waals surface area contributed by atoms with E-state index in [2.05, 4.69) is 5.32 Å². The minimum atomic E-state index is -0.426. The first-order valence-corrected chi connectivity index (χ1v) is 8.52. The Balaban J connectivity index is 1.97. The molecular formula is C20H24FN3O2. The molecule has 0 bridgehead atoms. The molecule has 2 amide bonds. The number of nitrogens with one attached hydrogen (secondary N) is 1. The first-order valence-electron chi connectivity index (χ1n) is 8.52. The summed E-state index contributed by atoms with van der Waals surface area (Å²) < 4.78 is 12.9. The van der Waals surface area contributed by atoms with Gasteiger partial charge in [0.15, 0.2) is 0 Å². The van der Waals surface area contributed by atoms with Gasteiger partial charge in [0.05, 0.1) is 0 Å². The summed E-state index contributed by atoms with van der Waals surface area (Å²) in [5.41, 5.74) is 7.47. The largest absolute Gasteiger partial charge is 0.331 e. The van der Waals surface area contributed by atoms with Gasteiger partial charge in [-0.05, 0) is 43.7 Å². The quantitative estimate of drug-likeness (QED) is 0.799. The van der Waals surface area contributed by atoms with E-state index in [4.69, 9.17) is 5.73 Å². The molecule has 26 heavy (non-hydrogen) atoms. The van der Waals surface area contributed by atoms with Gasteiger partial charge >= 0.3 is 0 Å². The first-order chi connectivity index (χ1) is 12.4. The van der Waals surface area contributed by atoms with Crippen molar-refractivity contribution in [2.75, 3.05) is 11.9 Å². The molecule has 2 aromatic rings. The van der Waals surface area contributed by atoms with Gasteiger partial charge in [-0.2, -0.15) is 0 Å². The molecule has 0 spiro atoms. The Kier molecular flexibility index (Phi) is 6.86. The zero-order valence-electron chi connectivity index (χ0n) is 15.0. The number of benzene rings is 2. The number of amides is 2. The zero-order valence-corrected chi connectivity index (χ0v) is 15.0. The van der Waals surface area contributed by atoms with Crippen molar-refractivity contribution in [3.05, 3.63) is 66.0 Å². The number of nitrogens with zero attached hydrogens (tertiary/aromatic N) is 1. The third kappa shape index (κ3) is 5.67. The standard InChI is InChI=1S/C20H24FN3O2/c1-14(2)24(13-19(25)23-17-10-8-16(21)9-11-17)20(26)12-18(22)15-6-4-3-5-7-15/h3-11,14,18H,12-13,22H2,1-2H3,(H,23,25). The minimum absolute atomic E-state index is 0.0879. The molecule has 0 aliphatic rings. The van der Waals surface area contributed by atoms with Gasteiger partial charge in [-0.15, -0.1) is 0 Å². The molecule has 3 N–H and O–H groups in total. The number of nitrogens with two attached hydrogens (primary N) is 1. The van der Waals surface area contributed by atoms with Crippen molar-refractivity contribution in [2.45, 2.75) is 32.4 Å². The van der Waals surface area contributed by atoms with E-state index in [-0.39, 0.29) is 36.6 Å². The fraction of sp³-hybridized carbons (Fsp3) is 0.300. The fourth-order valence-electron chi connectivity index (χ4n) is 2.57. The van der Waals surface area contributed by atoms with Crippen molar-refractivity contribution in [1.29, 1.82) is 0 Å². The van der Waals surface area contributed by atoms with Crippen LogP contribution in [0.15, 0.2) is 54.6 Å². The molecule has 0 aliphatic carbocycles. The number of rotatable bonds is 7. The Morgan fingerprint density at radius 2 is 1.69 bits per heavy atom. The highest BCUT2D eigenvalue weighted by Gasteiger charge is 2.22. The Bertz CT molecular complexity index is 732. The topological polar surface area (TPSA) is 75.4 Å². The Labute approximate surface area is 153 Å². The molecule has 0 saturated heterocycles. The highest BCUT2D eigenvalue weighted by molar-refractivity contribution is 5.94. The second kappa shape index (κ2) is 9.10. The molecule has 0 radical (unpaired) electrons. The Hall–Kier alpha value is -2.73. The molecule has 0 aromatic heterocycles. The van der Waals surface area contributed by atoms with Crippen LogP contribution in [0.5, 0.6) is 0 Å². The van der Waals surface area contributed by atoms with Crippen LogP contribution >= 0.6 is 0 Å². The van der Waals surface area contributed by atoms with Gasteiger partial charge in [0.2, 0.25) is 11.8 Å². The van der Waals surface area contributed by atoms with Gasteiger partial charge in [-0.1, -0.05) is 30.3 Å². The number of anilines is 1. The van der Waals surface area contributed by atoms with Gasteiger partial charge in [0, 0.05) is 24.2 Å². The van der Waals surface area contributed by atoms with Crippen LogP contribution in [-0.4, -0.2) is 29.3 Å². The lowest BCUT2D eigenvalue weighted by atomic mass is 10.0. The summed E-state index contributed by atoms with van der Waals surface area (Å²) in [5, 5.41) is 2.66. The van der Waals surface area contributed by atoms with E-state index in [1.165, 1.54) is 29.2 Å². The molecule has 0 aliphatic heterocycles. The summed E-state index contributed by atoms with van der Waals surface area (Å²) >= 11 is 0. The molecule has 0 fully saturated rings. The van der Waals surface area contributed by atoms with E-state index < -0.39 is 6.04 Å². The Morgan fingerprint density at radius 3 is 2.27 bits per heavy atom. The maximum atomic E-state index is 12.9. The van der Waals surface area contributed by atoms with Crippen molar-refractivity contribution in [3.8, 4) is 0 Å². The number of halogens is 1. The number of hydrogen-bond acceptors (Lipinski definition) is 3. The third-order valence-electron chi connectivity index (χ3n) is 4.01. The van der Waals surface area contributed by atoms with E-state index in [1.807, 2.05) is 44.2 Å². The summed E-state index contributed by atoms with van der Waals surface area (Å²) in [6.07, 6.45) is 0.117. The summed E-state index contributed by atoms with van der Waals surface area (Å²) in [6.45, 7) is 3.60. The first kappa shape index (κ1) is 19.6. The fourth-order valence-corrected chi connectivity index (χ4v) is 2.57. The van der Waals surface area contributed by atoms with Crippen LogP contribution in [0.4, 0.5) is 10.1 Å². The van der Waals surface area contributed by atoms with Crippen LogP contribution in [0.25, 0.3) is 0 Å². The highest BCUT2D eigenvalue weighted by atomic mass is 19.1. The monoisotopic (exact) mass is 357 g/mol. The zero-order chi connectivity index (χ0) is 19.1. The van der Waals surface area contributed by atoms with E-state index in [0.717, 1.165) is 5.56 Å². The van der Waals surface area contributed by atoms with Crippen molar-refractivity contribution >= 4 is 17.5 Å². The lowest BCUT2D eigenvalue weighted by molar-refractivity contribution is -0.136. The molecule has 6 heteroatoms. The molecule has 1 atom stereocenters. The highest BCUT2D eigenvalue weighted by Crippen LogP contribution is 2.16. The summed E-state index contributed by atoms with van der Waals surface area (Å²) in [5.74, 6) is -0.908. The van der Waals surface area contributed by atoms with Crippen molar-refractivity contribution < 1.29 is 14.0 Å². The van der Waals surface area contributed by atoms with Crippen molar-refractivity contribution in [2.24, 2.45) is 5.73 Å². The van der Waals surface area contributed by atoms with Crippen LogP contribution in [0.1, 0.15) is 31.9 Å². The van der Waals surface area contributed by atoms with Gasteiger partial charge in [0.25, 0.3) is 0 Å². The molecule has 2 aromatic carbocycles. The molecule has 138 valence electrons. The van der Waals surface area contributed by atoms with E-state index in [0.29, 0.717) is 5.69 Å². The average Bonchev–Trinajstić information content (AvgIpc) is 2.62. The molecule has 1 unspecified atom stereocenters.